The van der Waals surface area contributed by atoms with E-state index in [1.807, 2.05) is 14.1 Å². The zero-order valence-electron chi connectivity index (χ0n) is 14.4. The molecular weight excluding hydrogens is 363 g/mol. The second kappa shape index (κ2) is 7.42. The van der Waals surface area contributed by atoms with Crippen LogP contribution in [0.15, 0.2) is 18.2 Å². The SMILES string of the molecule is CN1C[C@@H]2C[C@H](N(C)C(=O)COc3ccc(Cl)c(Cl)c3)C[C@@H]2CC1=O. The average Bonchev–Trinajstić information content (AvgIpc) is 2.98. The summed E-state index contributed by atoms with van der Waals surface area (Å²) in [6.45, 7) is 0.751. The Labute approximate surface area is 157 Å². The molecule has 1 aromatic carbocycles. The third-order valence-corrected chi connectivity index (χ3v) is 6.12. The summed E-state index contributed by atoms with van der Waals surface area (Å²) >= 11 is 11.8. The Morgan fingerprint density at radius 3 is 2.72 bits per heavy atom. The Balaban J connectivity index is 1.54. The van der Waals surface area contributed by atoms with Crippen molar-refractivity contribution in [2.75, 3.05) is 27.2 Å². The zero-order valence-corrected chi connectivity index (χ0v) is 15.9. The molecule has 2 fully saturated rings. The summed E-state index contributed by atoms with van der Waals surface area (Å²) in [7, 11) is 3.67. The summed E-state index contributed by atoms with van der Waals surface area (Å²) < 4.78 is 5.54. The van der Waals surface area contributed by atoms with Gasteiger partial charge in [0, 0.05) is 39.2 Å². The smallest absolute Gasteiger partial charge is 0.260 e. The van der Waals surface area contributed by atoms with Crippen LogP contribution in [0.3, 0.4) is 0 Å². The largest absolute Gasteiger partial charge is 0.484 e. The molecule has 25 heavy (non-hydrogen) atoms. The molecule has 7 heteroatoms. The van der Waals surface area contributed by atoms with Crippen molar-refractivity contribution in [3.05, 3.63) is 28.2 Å². The average molecular weight is 385 g/mol. The topological polar surface area (TPSA) is 49.9 Å². The van der Waals surface area contributed by atoms with E-state index in [9.17, 15) is 9.59 Å². The second-order valence-electron chi connectivity index (χ2n) is 6.99. The number of likely N-dealkylation sites (N-methyl/N-ethyl adjacent to an activating group) is 1. The van der Waals surface area contributed by atoms with E-state index in [0.29, 0.717) is 34.1 Å². The monoisotopic (exact) mass is 384 g/mol. The first kappa shape index (κ1) is 18.3. The molecule has 136 valence electrons. The van der Waals surface area contributed by atoms with Gasteiger partial charge >= 0.3 is 0 Å². The summed E-state index contributed by atoms with van der Waals surface area (Å²) in [5.41, 5.74) is 0. The van der Waals surface area contributed by atoms with Crippen LogP contribution < -0.4 is 4.74 Å². The lowest BCUT2D eigenvalue weighted by Gasteiger charge is -2.31. The van der Waals surface area contributed by atoms with Crippen molar-refractivity contribution in [1.82, 2.24) is 9.80 Å². The number of halogens is 2. The van der Waals surface area contributed by atoms with Gasteiger partial charge in [-0.05, 0) is 36.8 Å². The maximum atomic E-state index is 12.5. The molecule has 0 bridgehead atoms. The Hall–Kier alpha value is -1.46. The lowest BCUT2D eigenvalue weighted by atomic mass is 9.88. The molecule has 1 heterocycles. The first-order valence-electron chi connectivity index (χ1n) is 8.42. The molecule has 1 saturated heterocycles. The first-order chi connectivity index (χ1) is 11.8. The highest BCUT2D eigenvalue weighted by atomic mass is 35.5. The van der Waals surface area contributed by atoms with Gasteiger partial charge in [0.15, 0.2) is 6.61 Å². The minimum Gasteiger partial charge on any atom is -0.484 e. The van der Waals surface area contributed by atoms with Gasteiger partial charge in [-0.1, -0.05) is 23.2 Å². The van der Waals surface area contributed by atoms with E-state index in [-0.39, 0.29) is 24.5 Å². The zero-order chi connectivity index (χ0) is 18.1. The summed E-state index contributed by atoms with van der Waals surface area (Å²) in [5, 5.41) is 0.846. The molecule has 0 aromatic heterocycles. The third-order valence-electron chi connectivity index (χ3n) is 5.38. The summed E-state index contributed by atoms with van der Waals surface area (Å²) in [5.74, 6) is 1.52. The van der Waals surface area contributed by atoms with Crippen molar-refractivity contribution in [3.63, 3.8) is 0 Å². The number of benzene rings is 1. The number of likely N-dealkylation sites (tertiary alicyclic amines) is 1. The molecule has 1 aromatic rings. The van der Waals surface area contributed by atoms with Crippen molar-refractivity contribution in [1.29, 1.82) is 0 Å². The van der Waals surface area contributed by atoms with Crippen molar-refractivity contribution >= 4 is 35.0 Å². The van der Waals surface area contributed by atoms with Crippen LogP contribution >= 0.6 is 23.2 Å². The standard InChI is InChI=1S/C18H22Cl2N2O3/c1-21-9-12-6-13(5-11(12)7-17(21)23)22(2)18(24)10-25-14-3-4-15(19)16(20)8-14/h3-4,8,11-13H,5-7,9-10H2,1-2H3/t11-,12+,13-/m1/s1. The van der Waals surface area contributed by atoms with E-state index in [0.717, 1.165) is 19.4 Å². The fraction of sp³-hybridized carbons (Fsp3) is 0.556. The molecule has 0 unspecified atom stereocenters. The van der Waals surface area contributed by atoms with Gasteiger partial charge in [0.1, 0.15) is 5.75 Å². The summed E-state index contributed by atoms with van der Waals surface area (Å²) in [4.78, 5) is 27.9. The number of carbonyl (C=O) groups excluding carboxylic acids is 2. The van der Waals surface area contributed by atoms with E-state index >= 15 is 0 Å². The van der Waals surface area contributed by atoms with Crippen molar-refractivity contribution in [2.45, 2.75) is 25.3 Å². The number of amides is 2. The normalized spacial score (nSPS) is 25.7. The first-order valence-corrected chi connectivity index (χ1v) is 9.18. The van der Waals surface area contributed by atoms with Crippen molar-refractivity contribution in [2.24, 2.45) is 11.8 Å². The van der Waals surface area contributed by atoms with Crippen molar-refractivity contribution < 1.29 is 14.3 Å². The Morgan fingerprint density at radius 1 is 1.28 bits per heavy atom. The van der Waals surface area contributed by atoms with E-state index < -0.39 is 0 Å². The number of rotatable bonds is 4. The number of carbonyl (C=O) groups is 2. The number of hydrogen-bond acceptors (Lipinski definition) is 3. The quantitative estimate of drug-likeness (QED) is 0.801. The molecule has 0 spiro atoms. The molecule has 3 rings (SSSR count). The predicted molar refractivity (Wildman–Crippen MR) is 97.0 cm³/mol. The van der Waals surface area contributed by atoms with Crippen LogP contribution in [0, 0.1) is 11.8 Å². The van der Waals surface area contributed by atoms with Gasteiger partial charge in [-0.2, -0.15) is 0 Å². The van der Waals surface area contributed by atoms with Gasteiger partial charge in [0.2, 0.25) is 5.91 Å². The molecule has 1 aliphatic heterocycles. The molecular formula is C18H22Cl2N2O3. The van der Waals surface area contributed by atoms with Gasteiger partial charge < -0.3 is 14.5 Å². The number of hydrogen-bond donors (Lipinski definition) is 0. The van der Waals surface area contributed by atoms with Crippen LogP contribution in [0.5, 0.6) is 5.75 Å². The molecule has 3 atom stereocenters. The second-order valence-corrected chi connectivity index (χ2v) is 7.81. The molecule has 2 aliphatic rings. The van der Waals surface area contributed by atoms with Crippen LogP contribution in [-0.4, -0.2) is 54.9 Å². The van der Waals surface area contributed by atoms with E-state index in [1.165, 1.54) is 0 Å². The molecule has 2 amide bonds. The van der Waals surface area contributed by atoms with Gasteiger partial charge in [-0.15, -0.1) is 0 Å². The molecule has 1 saturated carbocycles. The Morgan fingerprint density at radius 2 is 2.00 bits per heavy atom. The summed E-state index contributed by atoms with van der Waals surface area (Å²) in [6.07, 6.45) is 2.43. The molecule has 0 N–H and O–H groups in total. The molecule has 5 nitrogen and oxygen atoms in total. The van der Waals surface area contributed by atoms with Gasteiger partial charge in [-0.25, -0.2) is 0 Å². The lowest BCUT2D eigenvalue weighted by Crippen LogP contribution is -2.40. The fourth-order valence-corrected chi connectivity index (χ4v) is 4.11. The highest BCUT2D eigenvalue weighted by Crippen LogP contribution is 2.40. The van der Waals surface area contributed by atoms with Gasteiger partial charge in [0.25, 0.3) is 5.91 Å². The summed E-state index contributed by atoms with van der Waals surface area (Å²) in [6, 6.07) is 5.09. The van der Waals surface area contributed by atoms with Crippen LogP contribution in [-0.2, 0) is 9.59 Å². The van der Waals surface area contributed by atoms with Gasteiger partial charge in [0.05, 0.1) is 10.0 Å². The fourth-order valence-electron chi connectivity index (χ4n) is 3.82. The van der Waals surface area contributed by atoms with Crippen LogP contribution in [0.1, 0.15) is 19.3 Å². The lowest BCUT2D eigenvalue weighted by molar-refractivity contribution is -0.135. The minimum atomic E-state index is -0.0746. The highest BCUT2D eigenvalue weighted by molar-refractivity contribution is 6.42. The number of fused-ring (bicyclic) bond motifs is 1. The third kappa shape index (κ3) is 4.04. The van der Waals surface area contributed by atoms with Crippen LogP contribution in [0.25, 0.3) is 0 Å². The van der Waals surface area contributed by atoms with Gasteiger partial charge in [-0.3, -0.25) is 9.59 Å². The van der Waals surface area contributed by atoms with E-state index in [2.05, 4.69) is 0 Å². The number of piperidine rings is 1. The van der Waals surface area contributed by atoms with Crippen molar-refractivity contribution in [3.8, 4) is 5.75 Å². The maximum Gasteiger partial charge on any atom is 0.260 e. The van der Waals surface area contributed by atoms with Crippen LogP contribution in [0.2, 0.25) is 10.0 Å². The molecule has 0 radical (unpaired) electrons. The molecule has 1 aliphatic carbocycles. The Kier molecular flexibility index (Phi) is 5.44. The minimum absolute atomic E-state index is 0.0425. The number of ether oxygens (including phenoxy) is 1. The van der Waals surface area contributed by atoms with Crippen LogP contribution in [0.4, 0.5) is 0 Å². The Bertz CT molecular complexity index is 682. The predicted octanol–water partition coefficient (Wildman–Crippen LogP) is 3.09. The highest BCUT2D eigenvalue weighted by Gasteiger charge is 2.42. The maximum absolute atomic E-state index is 12.5. The number of nitrogens with zero attached hydrogens (tertiary/aromatic N) is 2. The van der Waals surface area contributed by atoms with E-state index in [1.54, 1.807) is 28.0 Å². The van der Waals surface area contributed by atoms with E-state index in [4.69, 9.17) is 27.9 Å².